The third-order valence-electron chi connectivity index (χ3n) is 6.86. The summed E-state index contributed by atoms with van der Waals surface area (Å²) < 4.78 is 27.6. The summed E-state index contributed by atoms with van der Waals surface area (Å²) in [6.07, 6.45) is -14.2. The van der Waals surface area contributed by atoms with Gasteiger partial charge < -0.3 is 69.3 Å². The van der Waals surface area contributed by atoms with E-state index in [-0.39, 0.29) is 40.4 Å². The van der Waals surface area contributed by atoms with Crippen molar-refractivity contribution in [2.24, 2.45) is 0 Å². The third-order valence-corrected chi connectivity index (χ3v) is 6.86. The summed E-state index contributed by atoms with van der Waals surface area (Å²) in [5, 5.41) is 90.6. The molecule has 3 aromatic rings. The maximum Gasteiger partial charge on any atom is 0.229 e. The van der Waals surface area contributed by atoms with Crippen LogP contribution in [0.25, 0.3) is 22.3 Å². The van der Waals surface area contributed by atoms with Crippen molar-refractivity contribution in [1.29, 1.82) is 0 Å². The predicted octanol–water partition coefficient (Wildman–Crippen LogP) is -1.78. The number of aromatic hydroxyl groups is 3. The number of rotatable bonds is 6. The number of fused-ring (bicyclic) bond motifs is 1. The monoisotopic (exact) mass is 580 g/mol. The van der Waals surface area contributed by atoms with Gasteiger partial charge in [0.05, 0.1) is 13.2 Å². The molecule has 1 aromatic heterocycles. The number of phenolic OH excluding ortho intramolecular Hbond substituents is 3. The van der Waals surface area contributed by atoms with Gasteiger partial charge in [0.1, 0.15) is 71.0 Å². The summed E-state index contributed by atoms with van der Waals surface area (Å²) in [4.78, 5) is 12.7. The van der Waals surface area contributed by atoms with Crippen LogP contribution in [0.1, 0.15) is 0 Å². The smallest absolute Gasteiger partial charge is 0.229 e. The topological polar surface area (TPSA) is 249 Å². The van der Waals surface area contributed by atoms with Gasteiger partial charge in [0.25, 0.3) is 0 Å². The highest BCUT2D eigenvalue weighted by atomic mass is 16.7. The van der Waals surface area contributed by atoms with Crippen LogP contribution in [-0.2, 0) is 14.2 Å². The van der Waals surface area contributed by atoms with Crippen molar-refractivity contribution in [1.82, 2.24) is 0 Å². The molecule has 5 rings (SSSR count). The van der Waals surface area contributed by atoms with E-state index in [0.29, 0.717) is 0 Å². The molecule has 2 aromatic carbocycles. The Balaban J connectivity index is 1.38. The van der Waals surface area contributed by atoms with Gasteiger partial charge in [0, 0.05) is 23.8 Å². The van der Waals surface area contributed by atoms with E-state index < -0.39 is 78.8 Å². The Morgan fingerprint density at radius 1 is 0.829 bits per heavy atom. The summed E-state index contributed by atoms with van der Waals surface area (Å²) >= 11 is 0. The fraction of sp³-hybridized carbons (Fsp3) is 0.423. The zero-order chi connectivity index (χ0) is 29.6. The SMILES string of the molecule is O=c1cc(-c2ccc(O)c(O)c2)oc2cc(O[C@@H]3O[C@H](CO)[C@@H](O[C@@H]4OC[C@H](O)[C@H](O)[C@H]4O)[C@H](O)[C@H]3O)cc(O)c12. The lowest BCUT2D eigenvalue weighted by Crippen LogP contribution is -2.63. The first-order valence-electron chi connectivity index (χ1n) is 12.4. The summed E-state index contributed by atoms with van der Waals surface area (Å²) in [6, 6.07) is 7.08. The Labute approximate surface area is 230 Å². The van der Waals surface area contributed by atoms with E-state index in [1.807, 2.05) is 0 Å². The third kappa shape index (κ3) is 5.54. The molecule has 2 aliphatic heterocycles. The second-order valence-corrected chi connectivity index (χ2v) is 9.67. The van der Waals surface area contributed by atoms with Gasteiger partial charge in [-0.15, -0.1) is 0 Å². The van der Waals surface area contributed by atoms with Crippen molar-refractivity contribution in [3.05, 3.63) is 46.6 Å². The summed E-state index contributed by atoms with van der Waals surface area (Å²) in [5.41, 5.74) is -0.539. The minimum atomic E-state index is -1.81. The zero-order valence-corrected chi connectivity index (χ0v) is 21.0. The molecule has 0 saturated carbocycles. The normalized spacial score (nSPS) is 32.2. The second-order valence-electron chi connectivity index (χ2n) is 9.67. The Kier molecular flexibility index (Phi) is 8.06. The van der Waals surface area contributed by atoms with Crippen LogP contribution in [0, 0.1) is 0 Å². The summed E-state index contributed by atoms with van der Waals surface area (Å²) in [7, 11) is 0. The van der Waals surface area contributed by atoms with Crippen molar-refractivity contribution in [3.8, 4) is 34.3 Å². The molecule has 0 amide bonds. The minimum Gasteiger partial charge on any atom is -0.507 e. The number of hydrogen-bond donors (Lipinski definition) is 9. The van der Waals surface area contributed by atoms with Gasteiger partial charge in [0.2, 0.25) is 6.29 Å². The van der Waals surface area contributed by atoms with Crippen molar-refractivity contribution in [2.75, 3.05) is 13.2 Å². The molecule has 41 heavy (non-hydrogen) atoms. The molecule has 0 unspecified atom stereocenters. The molecule has 2 aliphatic rings. The number of benzene rings is 2. The molecule has 0 radical (unpaired) electrons. The van der Waals surface area contributed by atoms with Crippen LogP contribution in [-0.4, -0.2) is 114 Å². The standard InChI is InChI=1S/C26H28O15/c27-7-18-24(41-25-22(35)20(33)15(32)8-37-25)21(34)23(36)26(40-18)38-10-4-13(30)19-14(31)6-16(39-17(19)5-10)9-1-2-11(28)12(29)3-9/h1-6,15,18,20-30,32-36H,7-8H2/t15-,18+,20-,21+,22+,23+,24+,25-,26+/m0/s1. The van der Waals surface area contributed by atoms with Gasteiger partial charge in [-0.3, -0.25) is 4.79 Å². The van der Waals surface area contributed by atoms with E-state index in [0.717, 1.165) is 12.1 Å². The van der Waals surface area contributed by atoms with Crippen molar-refractivity contribution >= 4 is 11.0 Å². The number of aliphatic hydroxyl groups excluding tert-OH is 6. The highest BCUT2D eigenvalue weighted by Crippen LogP contribution is 2.35. The van der Waals surface area contributed by atoms with Crippen LogP contribution in [0.4, 0.5) is 0 Å². The molecule has 9 atom stereocenters. The summed E-state index contributed by atoms with van der Waals surface area (Å²) in [5.74, 6) is -1.55. The number of aliphatic hydroxyl groups is 6. The quantitative estimate of drug-likeness (QED) is 0.146. The number of hydrogen-bond acceptors (Lipinski definition) is 15. The van der Waals surface area contributed by atoms with Crippen LogP contribution in [0.3, 0.4) is 0 Å². The van der Waals surface area contributed by atoms with Gasteiger partial charge in [-0.05, 0) is 18.2 Å². The highest BCUT2D eigenvalue weighted by molar-refractivity contribution is 5.86. The lowest BCUT2D eigenvalue weighted by atomic mass is 9.98. The molecule has 2 saturated heterocycles. The Hall–Kier alpha value is -3.51. The van der Waals surface area contributed by atoms with Gasteiger partial charge >= 0.3 is 0 Å². The van der Waals surface area contributed by atoms with Crippen molar-refractivity contribution < 1.29 is 69.3 Å². The van der Waals surface area contributed by atoms with Crippen molar-refractivity contribution in [3.63, 3.8) is 0 Å². The molecule has 0 aliphatic carbocycles. The number of phenols is 3. The van der Waals surface area contributed by atoms with Crippen LogP contribution < -0.4 is 10.2 Å². The van der Waals surface area contributed by atoms with Gasteiger partial charge in [-0.1, -0.05) is 0 Å². The molecular weight excluding hydrogens is 552 g/mol. The molecule has 2 fully saturated rings. The van der Waals surface area contributed by atoms with E-state index in [9.17, 15) is 50.8 Å². The molecule has 0 spiro atoms. The Bertz CT molecular complexity index is 1450. The first kappa shape index (κ1) is 29.0. The van der Waals surface area contributed by atoms with E-state index in [2.05, 4.69) is 0 Å². The van der Waals surface area contributed by atoms with E-state index in [1.54, 1.807) is 0 Å². The molecule has 15 nitrogen and oxygen atoms in total. The maximum absolute atomic E-state index is 12.7. The van der Waals surface area contributed by atoms with Gasteiger partial charge in [-0.2, -0.15) is 0 Å². The van der Waals surface area contributed by atoms with Crippen molar-refractivity contribution in [2.45, 2.75) is 55.3 Å². The average Bonchev–Trinajstić information content (AvgIpc) is 2.93. The molecule has 9 N–H and O–H groups in total. The zero-order valence-electron chi connectivity index (χ0n) is 21.0. The van der Waals surface area contributed by atoms with Gasteiger partial charge in [-0.25, -0.2) is 0 Å². The largest absolute Gasteiger partial charge is 0.507 e. The van der Waals surface area contributed by atoms with Crippen LogP contribution in [0.5, 0.6) is 23.0 Å². The van der Waals surface area contributed by atoms with Crippen LogP contribution in [0.2, 0.25) is 0 Å². The van der Waals surface area contributed by atoms with E-state index in [1.165, 1.54) is 24.3 Å². The van der Waals surface area contributed by atoms with Crippen LogP contribution in [0.15, 0.2) is 45.6 Å². The fourth-order valence-corrected chi connectivity index (χ4v) is 4.64. The molecule has 0 bridgehead atoms. The van der Waals surface area contributed by atoms with Gasteiger partial charge in [0.15, 0.2) is 23.2 Å². The fourth-order valence-electron chi connectivity index (χ4n) is 4.64. The average molecular weight is 580 g/mol. The molecule has 15 heteroatoms. The first-order valence-corrected chi connectivity index (χ1v) is 12.4. The summed E-state index contributed by atoms with van der Waals surface area (Å²) in [6.45, 7) is -1.13. The van der Waals surface area contributed by atoms with E-state index >= 15 is 0 Å². The van der Waals surface area contributed by atoms with Crippen LogP contribution >= 0.6 is 0 Å². The Morgan fingerprint density at radius 3 is 2.27 bits per heavy atom. The molecular formula is C26H28O15. The predicted molar refractivity (Wildman–Crippen MR) is 134 cm³/mol. The van der Waals surface area contributed by atoms with E-state index in [4.69, 9.17) is 23.4 Å². The second kappa shape index (κ2) is 11.4. The lowest BCUT2D eigenvalue weighted by Gasteiger charge is -2.44. The minimum absolute atomic E-state index is 0.0104. The molecule has 222 valence electrons. The Morgan fingerprint density at radius 2 is 1.56 bits per heavy atom. The highest BCUT2D eigenvalue weighted by Gasteiger charge is 2.49. The number of ether oxygens (including phenoxy) is 4. The molecule has 3 heterocycles. The lowest BCUT2D eigenvalue weighted by molar-refractivity contribution is -0.339. The maximum atomic E-state index is 12.7. The first-order chi connectivity index (χ1) is 19.5.